The van der Waals surface area contributed by atoms with Crippen LogP contribution in [0.5, 0.6) is 0 Å². The lowest BCUT2D eigenvalue weighted by atomic mass is 9.71. The maximum absolute atomic E-state index is 10.5. The zero-order valence-corrected chi connectivity index (χ0v) is 11.7. The van der Waals surface area contributed by atoms with Gasteiger partial charge in [0.25, 0.3) is 0 Å². The molecular weight excluding hydrogens is 250 g/mol. The van der Waals surface area contributed by atoms with E-state index >= 15 is 0 Å². The van der Waals surface area contributed by atoms with Gasteiger partial charge in [-0.2, -0.15) is 0 Å². The van der Waals surface area contributed by atoms with Crippen LogP contribution in [0.3, 0.4) is 0 Å². The summed E-state index contributed by atoms with van der Waals surface area (Å²) in [5.41, 5.74) is -0.275. The first-order valence-corrected chi connectivity index (χ1v) is 6.72. The van der Waals surface area contributed by atoms with Crippen LogP contribution in [0.2, 0.25) is 5.15 Å². The molecule has 100 valence electrons. The van der Waals surface area contributed by atoms with Gasteiger partial charge in [-0.3, -0.25) is 0 Å². The SMILES string of the molecule is CC1(C)CCC(O)(CNc2ccc(Cl)nn2)CC1. The molecule has 1 aromatic rings. The van der Waals surface area contributed by atoms with Crippen molar-refractivity contribution in [1.29, 1.82) is 0 Å². The lowest BCUT2D eigenvalue weighted by Crippen LogP contribution is -2.42. The third kappa shape index (κ3) is 3.56. The summed E-state index contributed by atoms with van der Waals surface area (Å²) >= 11 is 5.67. The second kappa shape index (κ2) is 5.02. The highest BCUT2D eigenvalue weighted by molar-refractivity contribution is 6.29. The van der Waals surface area contributed by atoms with Crippen molar-refractivity contribution in [2.75, 3.05) is 11.9 Å². The first-order valence-electron chi connectivity index (χ1n) is 6.34. The van der Waals surface area contributed by atoms with Gasteiger partial charge in [0.2, 0.25) is 0 Å². The third-order valence-corrected chi connectivity index (χ3v) is 3.97. The second-order valence-corrected chi connectivity index (χ2v) is 6.37. The molecule has 0 aliphatic heterocycles. The standard InChI is InChI=1S/C13H20ClN3O/c1-12(2)5-7-13(18,8-6-12)9-15-11-4-3-10(14)16-17-11/h3-4,18H,5-9H2,1-2H3,(H,15,17). The Bertz CT molecular complexity index is 395. The normalized spacial score (nSPS) is 21.6. The van der Waals surface area contributed by atoms with Gasteiger partial charge in [0.1, 0.15) is 5.82 Å². The van der Waals surface area contributed by atoms with Gasteiger partial charge in [0, 0.05) is 6.54 Å². The molecule has 1 fully saturated rings. The molecule has 1 aliphatic carbocycles. The van der Waals surface area contributed by atoms with E-state index in [0.717, 1.165) is 25.7 Å². The number of hydrogen-bond donors (Lipinski definition) is 2. The Morgan fingerprint density at radius 2 is 1.89 bits per heavy atom. The zero-order valence-electron chi connectivity index (χ0n) is 10.9. The van der Waals surface area contributed by atoms with Crippen molar-refractivity contribution < 1.29 is 5.11 Å². The van der Waals surface area contributed by atoms with Crippen LogP contribution in [-0.2, 0) is 0 Å². The molecule has 0 aromatic carbocycles. The van der Waals surface area contributed by atoms with Gasteiger partial charge in [-0.15, -0.1) is 10.2 Å². The zero-order chi connectivity index (χ0) is 13.2. The van der Waals surface area contributed by atoms with Crippen molar-refractivity contribution in [1.82, 2.24) is 10.2 Å². The molecule has 0 bridgehead atoms. The van der Waals surface area contributed by atoms with E-state index in [1.807, 2.05) is 0 Å². The fraction of sp³-hybridized carbons (Fsp3) is 0.692. The Labute approximate surface area is 113 Å². The van der Waals surface area contributed by atoms with Gasteiger partial charge in [0.15, 0.2) is 5.15 Å². The minimum atomic E-state index is -0.628. The Morgan fingerprint density at radius 1 is 1.22 bits per heavy atom. The average molecular weight is 270 g/mol. The maximum atomic E-state index is 10.5. The monoisotopic (exact) mass is 269 g/mol. The van der Waals surface area contributed by atoms with Crippen LogP contribution in [0.4, 0.5) is 5.82 Å². The summed E-state index contributed by atoms with van der Waals surface area (Å²) in [6.07, 6.45) is 3.76. The molecule has 0 unspecified atom stereocenters. The van der Waals surface area contributed by atoms with Crippen molar-refractivity contribution in [3.63, 3.8) is 0 Å². The lowest BCUT2D eigenvalue weighted by Gasteiger charge is -2.40. The molecule has 18 heavy (non-hydrogen) atoms. The Balaban J connectivity index is 1.88. The Morgan fingerprint density at radius 3 is 2.44 bits per heavy atom. The molecule has 1 aliphatic rings. The molecule has 0 spiro atoms. The highest BCUT2D eigenvalue weighted by atomic mass is 35.5. The van der Waals surface area contributed by atoms with E-state index in [9.17, 15) is 5.11 Å². The summed E-state index contributed by atoms with van der Waals surface area (Å²) in [6.45, 7) is 5.02. The molecule has 5 heteroatoms. The predicted octanol–water partition coefficient (Wildman–Crippen LogP) is 2.87. The highest BCUT2D eigenvalue weighted by Gasteiger charge is 2.36. The van der Waals surface area contributed by atoms with E-state index in [1.54, 1.807) is 12.1 Å². The smallest absolute Gasteiger partial charge is 0.151 e. The Kier molecular flexibility index (Phi) is 3.78. The van der Waals surface area contributed by atoms with Gasteiger partial charge in [-0.05, 0) is 43.2 Å². The first kappa shape index (κ1) is 13.6. The summed E-state index contributed by atoms with van der Waals surface area (Å²) in [7, 11) is 0. The quantitative estimate of drug-likeness (QED) is 0.886. The third-order valence-electron chi connectivity index (χ3n) is 3.76. The number of aromatic nitrogens is 2. The van der Waals surface area contributed by atoms with E-state index in [2.05, 4.69) is 29.4 Å². The number of hydrogen-bond acceptors (Lipinski definition) is 4. The van der Waals surface area contributed by atoms with Crippen LogP contribution in [0.15, 0.2) is 12.1 Å². The molecule has 0 radical (unpaired) electrons. The lowest BCUT2D eigenvalue weighted by molar-refractivity contribution is -0.0146. The molecule has 1 heterocycles. The summed E-state index contributed by atoms with van der Waals surface area (Å²) in [4.78, 5) is 0. The molecule has 1 aromatic heterocycles. The number of nitrogens with zero attached hydrogens (tertiary/aromatic N) is 2. The van der Waals surface area contributed by atoms with Crippen LogP contribution >= 0.6 is 11.6 Å². The van der Waals surface area contributed by atoms with E-state index in [0.29, 0.717) is 22.9 Å². The molecule has 0 saturated heterocycles. The van der Waals surface area contributed by atoms with E-state index in [1.165, 1.54) is 0 Å². The van der Waals surface area contributed by atoms with Crippen LogP contribution in [-0.4, -0.2) is 27.4 Å². The van der Waals surface area contributed by atoms with Crippen molar-refractivity contribution in [2.45, 2.75) is 45.1 Å². The summed E-state index contributed by atoms with van der Waals surface area (Å²) in [5, 5.41) is 21.7. The van der Waals surface area contributed by atoms with E-state index < -0.39 is 5.60 Å². The largest absolute Gasteiger partial charge is 0.388 e. The van der Waals surface area contributed by atoms with Gasteiger partial charge in [-0.1, -0.05) is 25.4 Å². The predicted molar refractivity (Wildman–Crippen MR) is 72.7 cm³/mol. The van der Waals surface area contributed by atoms with E-state index in [4.69, 9.17) is 11.6 Å². The number of aliphatic hydroxyl groups is 1. The average Bonchev–Trinajstić information content (AvgIpc) is 2.33. The summed E-state index contributed by atoms with van der Waals surface area (Å²) < 4.78 is 0. The van der Waals surface area contributed by atoms with Crippen molar-refractivity contribution in [2.24, 2.45) is 5.41 Å². The maximum Gasteiger partial charge on any atom is 0.151 e. The number of nitrogens with one attached hydrogen (secondary N) is 1. The van der Waals surface area contributed by atoms with Gasteiger partial charge >= 0.3 is 0 Å². The van der Waals surface area contributed by atoms with Gasteiger partial charge in [-0.25, -0.2) is 0 Å². The number of rotatable bonds is 3. The number of halogens is 1. The fourth-order valence-corrected chi connectivity index (χ4v) is 2.34. The molecule has 4 nitrogen and oxygen atoms in total. The van der Waals surface area contributed by atoms with Gasteiger partial charge in [0.05, 0.1) is 5.60 Å². The van der Waals surface area contributed by atoms with Crippen LogP contribution in [0.25, 0.3) is 0 Å². The minimum Gasteiger partial charge on any atom is -0.388 e. The van der Waals surface area contributed by atoms with E-state index in [-0.39, 0.29) is 0 Å². The molecule has 0 atom stereocenters. The molecule has 2 N–H and O–H groups in total. The molecular formula is C13H20ClN3O. The van der Waals surface area contributed by atoms with Crippen LogP contribution in [0.1, 0.15) is 39.5 Å². The summed E-state index contributed by atoms with van der Waals surface area (Å²) in [5.74, 6) is 0.651. The molecule has 2 rings (SSSR count). The highest BCUT2D eigenvalue weighted by Crippen LogP contribution is 2.40. The fourth-order valence-electron chi connectivity index (χ4n) is 2.23. The van der Waals surface area contributed by atoms with Crippen LogP contribution in [0, 0.1) is 5.41 Å². The molecule has 0 amide bonds. The van der Waals surface area contributed by atoms with Crippen molar-refractivity contribution in [3.8, 4) is 0 Å². The minimum absolute atomic E-state index is 0.353. The summed E-state index contributed by atoms with van der Waals surface area (Å²) in [6, 6.07) is 3.45. The topological polar surface area (TPSA) is 58.0 Å². The first-order chi connectivity index (χ1) is 8.39. The van der Waals surface area contributed by atoms with Crippen molar-refractivity contribution >= 4 is 17.4 Å². The van der Waals surface area contributed by atoms with Crippen molar-refractivity contribution in [3.05, 3.63) is 17.3 Å². The Hall–Kier alpha value is -0.870. The van der Waals surface area contributed by atoms with Crippen LogP contribution < -0.4 is 5.32 Å². The second-order valence-electron chi connectivity index (χ2n) is 5.98. The number of anilines is 1. The van der Waals surface area contributed by atoms with Gasteiger partial charge < -0.3 is 10.4 Å². The molecule has 1 saturated carbocycles.